The Labute approximate surface area is 183 Å². The van der Waals surface area contributed by atoms with E-state index in [2.05, 4.69) is 10.4 Å². The quantitative estimate of drug-likeness (QED) is 0.448. The summed E-state index contributed by atoms with van der Waals surface area (Å²) < 4.78 is 14.8. The Kier molecular flexibility index (Phi) is 6.74. The first-order chi connectivity index (χ1) is 15.2. The van der Waals surface area contributed by atoms with Gasteiger partial charge in [0.15, 0.2) is 5.69 Å². The van der Waals surface area contributed by atoms with Crippen molar-refractivity contribution < 1.29 is 14.1 Å². The predicted molar refractivity (Wildman–Crippen MR) is 116 cm³/mol. The van der Waals surface area contributed by atoms with Gasteiger partial charge in [0.25, 0.3) is 11.6 Å². The number of carbonyl (C=O) groups is 1. The number of hydrogen-bond donors (Lipinski definition) is 1. The molecule has 1 aromatic heterocycles. The first-order valence-electron chi connectivity index (χ1n) is 9.74. The molecule has 0 saturated carbocycles. The van der Waals surface area contributed by atoms with Crippen LogP contribution in [0.25, 0.3) is 5.69 Å². The molecule has 3 aromatic rings. The maximum atomic E-state index is 13.6. The highest BCUT2D eigenvalue weighted by Crippen LogP contribution is 2.22. The van der Waals surface area contributed by atoms with E-state index >= 15 is 0 Å². The summed E-state index contributed by atoms with van der Waals surface area (Å²) in [4.78, 5) is 37.9. The summed E-state index contributed by atoms with van der Waals surface area (Å²) in [5.74, 6) is -1.13. The normalized spacial score (nSPS) is 11.9. The molecule has 0 bridgehead atoms. The number of hydrogen-bond acceptors (Lipinski definition) is 6. The Bertz CT molecular complexity index is 1220. The fraction of sp³-hybridized carbons (Fsp3) is 0.227. The highest BCUT2D eigenvalue weighted by molar-refractivity contribution is 5.92. The van der Waals surface area contributed by atoms with E-state index in [4.69, 9.17) is 0 Å². The minimum atomic E-state index is -0.731. The van der Waals surface area contributed by atoms with Gasteiger partial charge in [0.05, 0.1) is 11.0 Å². The molecule has 32 heavy (non-hydrogen) atoms. The molecule has 9 nitrogen and oxygen atoms in total. The molecule has 10 heteroatoms. The molecule has 0 saturated heterocycles. The number of nitrogens with zero attached hydrogens (tertiary/aromatic N) is 4. The van der Waals surface area contributed by atoms with Crippen LogP contribution in [0.3, 0.4) is 0 Å². The number of nitro benzene ring substituents is 1. The molecule has 1 heterocycles. The number of likely N-dealkylation sites (N-methyl/N-ethyl adjacent to an activating group) is 1. The minimum Gasteiger partial charge on any atom is -0.349 e. The molecule has 1 unspecified atom stereocenters. The molecule has 2 aromatic carbocycles. The van der Waals surface area contributed by atoms with E-state index in [1.807, 2.05) is 4.90 Å². The molecule has 0 radical (unpaired) electrons. The number of rotatable bonds is 7. The zero-order valence-electron chi connectivity index (χ0n) is 17.8. The van der Waals surface area contributed by atoms with Gasteiger partial charge in [-0.3, -0.25) is 19.7 Å². The van der Waals surface area contributed by atoms with E-state index in [9.17, 15) is 24.1 Å². The van der Waals surface area contributed by atoms with Gasteiger partial charge in [-0.05, 0) is 44.8 Å². The van der Waals surface area contributed by atoms with Gasteiger partial charge in [-0.2, -0.15) is 5.10 Å². The molecule has 1 amide bonds. The maximum absolute atomic E-state index is 13.6. The lowest BCUT2D eigenvalue weighted by molar-refractivity contribution is -0.384. The maximum Gasteiger partial charge on any atom is 0.294 e. The molecule has 0 aliphatic heterocycles. The molecule has 0 fully saturated rings. The summed E-state index contributed by atoms with van der Waals surface area (Å²) in [7, 11) is 3.57. The molecule has 3 rings (SSSR count). The van der Waals surface area contributed by atoms with Gasteiger partial charge in [-0.25, -0.2) is 9.07 Å². The molecular weight excluding hydrogens is 417 g/mol. The van der Waals surface area contributed by atoms with Gasteiger partial charge in [0.1, 0.15) is 11.5 Å². The van der Waals surface area contributed by atoms with Crippen molar-refractivity contribution >= 4 is 11.6 Å². The van der Waals surface area contributed by atoms with Gasteiger partial charge in [-0.15, -0.1) is 0 Å². The van der Waals surface area contributed by atoms with Crippen molar-refractivity contribution in [1.29, 1.82) is 0 Å². The fourth-order valence-corrected chi connectivity index (χ4v) is 3.33. The van der Waals surface area contributed by atoms with Crippen LogP contribution in [-0.4, -0.2) is 46.2 Å². The summed E-state index contributed by atoms with van der Waals surface area (Å²) in [6, 6.07) is 12.8. The van der Waals surface area contributed by atoms with E-state index in [0.717, 1.165) is 0 Å². The molecule has 0 spiro atoms. The number of nitrogens with one attached hydrogen (secondary N) is 1. The van der Waals surface area contributed by atoms with Gasteiger partial charge in [-0.1, -0.05) is 24.3 Å². The lowest BCUT2D eigenvalue weighted by atomic mass is 10.1. The van der Waals surface area contributed by atoms with E-state index in [1.165, 1.54) is 41.1 Å². The SMILES string of the molecule is Cc1cc(=O)c(C(=O)NCC(c2cccc(F)c2)N(C)C)nn1-c1ccccc1[N+](=O)[O-]. The smallest absolute Gasteiger partial charge is 0.294 e. The van der Waals surface area contributed by atoms with Crippen LogP contribution >= 0.6 is 0 Å². The molecule has 166 valence electrons. The zero-order valence-corrected chi connectivity index (χ0v) is 17.8. The Hall–Kier alpha value is -3.92. The average molecular weight is 439 g/mol. The second-order valence-electron chi connectivity index (χ2n) is 7.40. The summed E-state index contributed by atoms with van der Waals surface area (Å²) in [6.07, 6.45) is 0. The lowest BCUT2D eigenvalue weighted by Crippen LogP contribution is -2.37. The first kappa shape index (κ1) is 22.8. The van der Waals surface area contributed by atoms with Crippen LogP contribution in [0.15, 0.2) is 59.4 Å². The number of nitro groups is 1. The third kappa shape index (κ3) is 4.86. The van der Waals surface area contributed by atoms with Crippen LogP contribution in [0.2, 0.25) is 0 Å². The van der Waals surface area contributed by atoms with Crippen LogP contribution in [0.1, 0.15) is 27.8 Å². The van der Waals surface area contributed by atoms with Crippen LogP contribution in [0.4, 0.5) is 10.1 Å². The fourth-order valence-electron chi connectivity index (χ4n) is 3.33. The highest BCUT2D eigenvalue weighted by atomic mass is 19.1. The number of benzene rings is 2. The van der Waals surface area contributed by atoms with E-state index in [1.54, 1.807) is 39.2 Å². The standard InChI is InChI=1S/C22H22FN5O4/c1-14-11-20(29)21(25-27(14)17-9-4-5-10-18(17)28(31)32)22(30)24-13-19(26(2)3)15-7-6-8-16(23)12-15/h4-12,19H,13H2,1-3H3,(H,24,30). The number of carbonyl (C=O) groups excluding carboxylic acids is 1. The van der Waals surface area contributed by atoms with Crippen LogP contribution in [-0.2, 0) is 0 Å². The van der Waals surface area contributed by atoms with Crippen molar-refractivity contribution in [3.05, 3.63) is 97.7 Å². The second-order valence-corrected chi connectivity index (χ2v) is 7.40. The van der Waals surface area contributed by atoms with Crippen LogP contribution in [0, 0.1) is 22.9 Å². The van der Waals surface area contributed by atoms with Crippen molar-refractivity contribution in [3.8, 4) is 5.69 Å². The Morgan fingerprint density at radius 1 is 1.22 bits per heavy atom. The largest absolute Gasteiger partial charge is 0.349 e. The summed E-state index contributed by atoms with van der Waals surface area (Å²) in [6.45, 7) is 1.66. The lowest BCUT2D eigenvalue weighted by Gasteiger charge is -2.25. The van der Waals surface area contributed by atoms with E-state index in [-0.39, 0.29) is 24.0 Å². The van der Waals surface area contributed by atoms with Crippen LogP contribution in [0.5, 0.6) is 0 Å². The van der Waals surface area contributed by atoms with Crippen LogP contribution < -0.4 is 10.7 Å². The van der Waals surface area contributed by atoms with Crippen molar-refractivity contribution in [3.63, 3.8) is 0 Å². The zero-order chi connectivity index (χ0) is 23.4. The monoisotopic (exact) mass is 439 g/mol. The molecule has 0 aliphatic carbocycles. The average Bonchev–Trinajstić information content (AvgIpc) is 2.73. The topological polar surface area (TPSA) is 110 Å². The van der Waals surface area contributed by atoms with Gasteiger partial charge in [0.2, 0.25) is 5.43 Å². The summed E-state index contributed by atoms with van der Waals surface area (Å²) in [5, 5.41) is 18.2. The summed E-state index contributed by atoms with van der Waals surface area (Å²) >= 11 is 0. The Morgan fingerprint density at radius 2 is 1.94 bits per heavy atom. The second kappa shape index (κ2) is 9.48. The number of aryl methyl sites for hydroxylation is 1. The van der Waals surface area contributed by atoms with Crippen molar-refractivity contribution in [1.82, 2.24) is 20.0 Å². The van der Waals surface area contributed by atoms with Gasteiger partial charge < -0.3 is 10.2 Å². The summed E-state index contributed by atoms with van der Waals surface area (Å²) in [5.41, 5.74) is -0.0874. The van der Waals surface area contributed by atoms with E-state index < -0.39 is 27.8 Å². The van der Waals surface area contributed by atoms with E-state index in [0.29, 0.717) is 11.3 Å². The van der Waals surface area contributed by atoms with Gasteiger partial charge >= 0.3 is 0 Å². The molecule has 1 N–H and O–H groups in total. The number of para-hydroxylation sites is 2. The molecular formula is C22H22FN5O4. The van der Waals surface area contributed by atoms with Crippen molar-refractivity contribution in [2.45, 2.75) is 13.0 Å². The number of amides is 1. The predicted octanol–water partition coefficient (Wildman–Crippen LogP) is 2.62. The number of aromatic nitrogens is 2. The minimum absolute atomic E-state index is 0.0930. The van der Waals surface area contributed by atoms with Gasteiger partial charge in [0, 0.05) is 24.4 Å². The molecule has 1 atom stereocenters. The van der Waals surface area contributed by atoms with Crippen molar-refractivity contribution in [2.75, 3.05) is 20.6 Å². The third-order valence-corrected chi connectivity index (χ3v) is 4.94. The highest BCUT2D eigenvalue weighted by Gasteiger charge is 2.22. The molecule has 0 aliphatic rings. The Morgan fingerprint density at radius 3 is 2.59 bits per heavy atom. The van der Waals surface area contributed by atoms with Crippen molar-refractivity contribution in [2.24, 2.45) is 0 Å². The first-order valence-corrected chi connectivity index (χ1v) is 9.74. The number of halogens is 1. The third-order valence-electron chi connectivity index (χ3n) is 4.94. The Balaban J connectivity index is 1.91.